The average Bonchev–Trinajstić information content (AvgIpc) is 2.19. The lowest BCUT2D eigenvalue weighted by Crippen LogP contribution is -2.40. The zero-order valence-corrected chi connectivity index (χ0v) is 9.58. The predicted molar refractivity (Wildman–Crippen MR) is 57.2 cm³/mol. The summed E-state index contributed by atoms with van der Waals surface area (Å²) >= 11 is 0. The normalized spacial score (nSPS) is 22.3. The lowest BCUT2D eigenvalue weighted by atomic mass is 9.85. The lowest BCUT2D eigenvalue weighted by molar-refractivity contribution is -0.00513. The molecule has 1 saturated heterocycles. The molecule has 3 nitrogen and oxygen atoms in total. The van der Waals surface area contributed by atoms with E-state index in [2.05, 4.69) is 13.8 Å². The molecule has 0 saturated carbocycles. The summed E-state index contributed by atoms with van der Waals surface area (Å²) in [6.07, 6.45) is 3.12. The Bertz CT molecular complexity index is 165. The van der Waals surface area contributed by atoms with Crippen LogP contribution in [0.25, 0.3) is 0 Å². The average molecular weight is 201 g/mol. The van der Waals surface area contributed by atoms with E-state index in [-0.39, 0.29) is 11.6 Å². The Morgan fingerprint density at radius 1 is 1.43 bits per heavy atom. The van der Waals surface area contributed by atoms with Crippen molar-refractivity contribution in [3.05, 3.63) is 0 Å². The largest absolute Gasteiger partial charge is 0.381 e. The third kappa shape index (κ3) is 3.56. The van der Waals surface area contributed by atoms with E-state index in [9.17, 15) is 0 Å². The monoisotopic (exact) mass is 201 g/mol. The first-order chi connectivity index (χ1) is 6.55. The highest BCUT2D eigenvalue weighted by Crippen LogP contribution is 2.24. The van der Waals surface area contributed by atoms with Crippen LogP contribution in [0.4, 0.5) is 0 Å². The highest BCUT2D eigenvalue weighted by molar-refractivity contribution is 4.82. The second-order valence-electron chi connectivity index (χ2n) is 4.78. The zero-order valence-electron chi connectivity index (χ0n) is 9.58. The Kier molecular flexibility index (Phi) is 4.35. The van der Waals surface area contributed by atoms with Crippen LogP contribution in [0.3, 0.4) is 0 Å². The molecule has 0 aromatic rings. The second-order valence-corrected chi connectivity index (χ2v) is 4.78. The standard InChI is InChI=1S/C11H23NO2/c1-11(2,13-3)8-10(12)9-4-6-14-7-5-9/h9-10H,4-8,12H2,1-3H3. The van der Waals surface area contributed by atoms with Gasteiger partial charge < -0.3 is 15.2 Å². The Balaban J connectivity index is 2.36. The molecule has 0 aromatic heterocycles. The maximum Gasteiger partial charge on any atom is 0.0637 e. The molecule has 1 atom stereocenters. The molecule has 14 heavy (non-hydrogen) atoms. The molecule has 0 radical (unpaired) electrons. The van der Waals surface area contributed by atoms with Gasteiger partial charge in [-0.2, -0.15) is 0 Å². The highest BCUT2D eigenvalue weighted by atomic mass is 16.5. The summed E-state index contributed by atoms with van der Waals surface area (Å²) in [6, 6.07) is 0.244. The van der Waals surface area contributed by atoms with E-state index >= 15 is 0 Å². The Morgan fingerprint density at radius 2 is 2.00 bits per heavy atom. The van der Waals surface area contributed by atoms with Crippen molar-refractivity contribution in [1.82, 2.24) is 0 Å². The van der Waals surface area contributed by atoms with Gasteiger partial charge in [0.05, 0.1) is 5.60 Å². The lowest BCUT2D eigenvalue weighted by Gasteiger charge is -2.33. The third-order valence-electron chi connectivity index (χ3n) is 3.15. The van der Waals surface area contributed by atoms with Gasteiger partial charge >= 0.3 is 0 Å². The third-order valence-corrected chi connectivity index (χ3v) is 3.15. The van der Waals surface area contributed by atoms with E-state index in [4.69, 9.17) is 15.2 Å². The van der Waals surface area contributed by atoms with Crippen molar-refractivity contribution in [2.45, 2.75) is 44.8 Å². The van der Waals surface area contributed by atoms with Crippen molar-refractivity contribution in [3.63, 3.8) is 0 Å². The van der Waals surface area contributed by atoms with Crippen molar-refractivity contribution < 1.29 is 9.47 Å². The maximum atomic E-state index is 6.17. The van der Waals surface area contributed by atoms with Crippen LogP contribution >= 0.6 is 0 Å². The fraction of sp³-hybridized carbons (Fsp3) is 1.00. The Morgan fingerprint density at radius 3 is 2.50 bits per heavy atom. The van der Waals surface area contributed by atoms with Crippen LogP contribution in [-0.2, 0) is 9.47 Å². The van der Waals surface area contributed by atoms with Gasteiger partial charge in [0.25, 0.3) is 0 Å². The molecule has 84 valence electrons. The molecule has 1 rings (SSSR count). The molecule has 0 aromatic carbocycles. The van der Waals surface area contributed by atoms with Gasteiger partial charge in [-0.15, -0.1) is 0 Å². The summed E-state index contributed by atoms with van der Waals surface area (Å²) in [5, 5.41) is 0. The fourth-order valence-electron chi connectivity index (χ4n) is 1.96. The van der Waals surface area contributed by atoms with Gasteiger partial charge in [0.2, 0.25) is 0 Å². The van der Waals surface area contributed by atoms with Crippen molar-refractivity contribution in [2.75, 3.05) is 20.3 Å². The van der Waals surface area contributed by atoms with E-state index < -0.39 is 0 Å². The number of hydrogen-bond acceptors (Lipinski definition) is 3. The van der Waals surface area contributed by atoms with Gasteiger partial charge in [-0.25, -0.2) is 0 Å². The Labute approximate surface area is 86.9 Å². The van der Waals surface area contributed by atoms with E-state index in [1.807, 2.05) is 0 Å². The maximum absolute atomic E-state index is 6.17. The molecule has 2 N–H and O–H groups in total. The minimum atomic E-state index is -0.0995. The van der Waals surface area contributed by atoms with Gasteiger partial charge in [-0.3, -0.25) is 0 Å². The molecular formula is C11H23NO2. The quantitative estimate of drug-likeness (QED) is 0.750. The van der Waals surface area contributed by atoms with Crippen LogP contribution < -0.4 is 5.73 Å². The van der Waals surface area contributed by atoms with Crippen LogP contribution in [0.15, 0.2) is 0 Å². The molecule has 1 aliphatic heterocycles. The molecule has 1 unspecified atom stereocenters. The Hall–Kier alpha value is -0.120. The number of ether oxygens (including phenoxy) is 2. The summed E-state index contributed by atoms with van der Waals surface area (Å²) in [5.41, 5.74) is 6.08. The molecule has 0 bridgehead atoms. The fourth-order valence-corrected chi connectivity index (χ4v) is 1.96. The smallest absolute Gasteiger partial charge is 0.0637 e. The predicted octanol–water partition coefficient (Wildman–Crippen LogP) is 1.56. The van der Waals surface area contributed by atoms with Gasteiger partial charge in [-0.1, -0.05) is 0 Å². The van der Waals surface area contributed by atoms with Crippen molar-refractivity contribution in [3.8, 4) is 0 Å². The minimum Gasteiger partial charge on any atom is -0.381 e. The van der Waals surface area contributed by atoms with Crippen LogP contribution in [0.2, 0.25) is 0 Å². The molecule has 0 spiro atoms. The van der Waals surface area contributed by atoms with Gasteiger partial charge in [0.1, 0.15) is 0 Å². The molecule has 0 amide bonds. The SMILES string of the molecule is COC(C)(C)CC(N)C1CCOCC1. The number of rotatable bonds is 4. The van der Waals surface area contributed by atoms with Crippen LogP contribution in [0.1, 0.15) is 33.1 Å². The molecule has 1 heterocycles. The number of nitrogens with two attached hydrogens (primary N) is 1. The summed E-state index contributed by atoms with van der Waals surface area (Å²) in [6.45, 7) is 5.91. The zero-order chi connectivity index (χ0) is 10.6. The van der Waals surface area contributed by atoms with E-state index in [0.717, 1.165) is 32.5 Å². The first-order valence-electron chi connectivity index (χ1n) is 5.43. The number of methoxy groups -OCH3 is 1. The summed E-state index contributed by atoms with van der Waals surface area (Å²) in [4.78, 5) is 0. The molecule has 0 aliphatic carbocycles. The topological polar surface area (TPSA) is 44.5 Å². The van der Waals surface area contributed by atoms with Gasteiger partial charge in [0.15, 0.2) is 0 Å². The first kappa shape index (κ1) is 12.0. The minimum absolute atomic E-state index is 0.0995. The van der Waals surface area contributed by atoms with Crippen molar-refractivity contribution in [1.29, 1.82) is 0 Å². The van der Waals surface area contributed by atoms with Crippen LogP contribution in [-0.4, -0.2) is 32.0 Å². The van der Waals surface area contributed by atoms with Gasteiger partial charge in [0, 0.05) is 26.4 Å². The molecule has 1 aliphatic rings. The molecular weight excluding hydrogens is 178 g/mol. The van der Waals surface area contributed by atoms with Gasteiger partial charge in [-0.05, 0) is 39.0 Å². The second kappa shape index (κ2) is 5.10. The summed E-state index contributed by atoms with van der Waals surface area (Å²) in [5.74, 6) is 0.609. The van der Waals surface area contributed by atoms with Crippen LogP contribution in [0, 0.1) is 5.92 Å². The highest BCUT2D eigenvalue weighted by Gasteiger charge is 2.27. The van der Waals surface area contributed by atoms with Crippen LogP contribution in [0.5, 0.6) is 0 Å². The van der Waals surface area contributed by atoms with E-state index in [1.165, 1.54) is 0 Å². The molecule has 3 heteroatoms. The van der Waals surface area contributed by atoms with E-state index in [1.54, 1.807) is 7.11 Å². The summed E-state index contributed by atoms with van der Waals surface area (Å²) in [7, 11) is 1.75. The molecule has 1 fully saturated rings. The number of hydrogen-bond donors (Lipinski definition) is 1. The van der Waals surface area contributed by atoms with E-state index in [0.29, 0.717) is 5.92 Å². The van der Waals surface area contributed by atoms with Crippen molar-refractivity contribution >= 4 is 0 Å². The van der Waals surface area contributed by atoms with Crippen molar-refractivity contribution in [2.24, 2.45) is 11.7 Å². The first-order valence-corrected chi connectivity index (χ1v) is 5.43. The summed E-state index contributed by atoms with van der Waals surface area (Å²) < 4.78 is 10.7.